The monoisotopic (exact) mass is 254 g/mol. The fourth-order valence-electron chi connectivity index (χ4n) is 1.69. The number of ether oxygens (including phenoxy) is 1. The van der Waals surface area contributed by atoms with Crippen LogP contribution in [-0.4, -0.2) is 26.9 Å². The van der Waals surface area contributed by atoms with E-state index in [4.69, 9.17) is 15.4 Å². The minimum Gasteiger partial charge on any atom is -0.378 e. The Morgan fingerprint density at radius 3 is 2.53 bits per heavy atom. The van der Waals surface area contributed by atoms with E-state index in [0.717, 1.165) is 12.3 Å². The first kappa shape index (κ1) is 13.3. The van der Waals surface area contributed by atoms with E-state index >= 15 is 0 Å². The Bertz CT molecular complexity index is 272. The first-order chi connectivity index (χ1) is 6.99. The summed E-state index contributed by atoms with van der Waals surface area (Å²) in [6.45, 7) is 2.74. The van der Waals surface area contributed by atoms with Gasteiger partial charge in [-0.2, -0.15) is 0 Å². The van der Waals surface area contributed by atoms with Gasteiger partial charge in [-0.15, -0.1) is 0 Å². The summed E-state index contributed by atoms with van der Waals surface area (Å²) < 4.78 is 26.9. The molecule has 1 aliphatic carbocycles. The third kappa shape index (κ3) is 5.73. The van der Waals surface area contributed by atoms with E-state index in [1.54, 1.807) is 0 Å². The van der Waals surface area contributed by atoms with Gasteiger partial charge in [-0.05, 0) is 38.5 Å². The van der Waals surface area contributed by atoms with Crippen molar-refractivity contribution in [3.8, 4) is 0 Å². The van der Waals surface area contributed by atoms with Crippen LogP contribution in [0.5, 0.6) is 0 Å². The highest BCUT2D eigenvalue weighted by atomic mass is 35.7. The molecule has 1 aliphatic rings. The number of hydrogen-bond acceptors (Lipinski definition) is 3. The van der Waals surface area contributed by atoms with Gasteiger partial charge in [0.15, 0.2) is 0 Å². The van der Waals surface area contributed by atoms with Gasteiger partial charge in [0.2, 0.25) is 9.05 Å². The number of hydrogen-bond donors (Lipinski definition) is 0. The van der Waals surface area contributed by atoms with Crippen LogP contribution < -0.4 is 0 Å². The van der Waals surface area contributed by atoms with Crippen molar-refractivity contribution in [2.75, 3.05) is 12.4 Å². The Morgan fingerprint density at radius 1 is 1.40 bits per heavy atom. The molecular formula is C10H19ClO3S. The quantitative estimate of drug-likeness (QED) is 0.518. The fraction of sp³-hybridized carbons (Fsp3) is 1.00. The second-order valence-electron chi connectivity index (χ2n) is 4.22. The fourth-order valence-corrected chi connectivity index (χ4v) is 2.57. The van der Waals surface area contributed by atoms with Gasteiger partial charge >= 0.3 is 0 Å². The maximum absolute atomic E-state index is 10.6. The summed E-state index contributed by atoms with van der Waals surface area (Å²) in [4.78, 5) is 0. The molecule has 1 atom stereocenters. The van der Waals surface area contributed by atoms with Gasteiger partial charge in [0.05, 0.1) is 11.9 Å². The minimum absolute atomic E-state index is 0.0513. The van der Waals surface area contributed by atoms with Crippen LogP contribution in [0.1, 0.15) is 39.0 Å². The first-order valence-electron chi connectivity index (χ1n) is 5.53. The van der Waals surface area contributed by atoms with Crippen molar-refractivity contribution in [3.63, 3.8) is 0 Å². The van der Waals surface area contributed by atoms with E-state index in [2.05, 4.69) is 6.92 Å². The van der Waals surface area contributed by atoms with Crippen molar-refractivity contribution in [2.24, 2.45) is 5.92 Å². The predicted octanol–water partition coefficient (Wildman–Crippen LogP) is 2.54. The average Bonchev–Trinajstić information content (AvgIpc) is 1.97. The zero-order valence-electron chi connectivity index (χ0n) is 9.12. The second-order valence-corrected chi connectivity index (χ2v) is 7.11. The summed E-state index contributed by atoms with van der Waals surface area (Å²) >= 11 is 0. The molecule has 3 nitrogen and oxygen atoms in total. The lowest BCUT2D eigenvalue weighted by Crippen LogP contribution is -2.27. The van der Waals surface area contributed by atoms with E-state index in [-0.39, 0.29) is 5.75 Å². The van der Waals surface area contributed by atoms with Crippen LogP contribution in [0, 0.1) is 5.92 Å². The van der Waals surface area contributed by atoms with Crippen LogP contribution in [-0.2, 0) is 13.8 Å². The average molecular weight is 255 g/mol. The Morgan fingerprint density at radius 2 is 2.07 bits per heavy atom. The van der Waals surface area contributed by atoms with Gasteiger partial charge in [-0.25, -0.2) is 8.42 Å². The highest BCUT2D eigenvalue weighted by Gasteiger charge is 2.24. The number of unbranched alkanes of at least 4 members (excludes halogenated alkanes) is 1. The molecule has 0 bridgehead atoms. The minimum atomic E-state index is -3.32. The Labute approximate surface area is 96.6 Å². The van der Waals surface area contributed by atoms with Gasteiger partial charge in [-0.3, -0.25) is 0 Å². The number of halogens is 1. The van der Waals surface area contributed by atoms with Gasteiger partial charge in [0.1, 0.15) is 0 Å². The van der Waals surface area contributed by atoms with Gasteiger partial charge in [-0.1, -0.05) is 6.42 Å². The highest BCUT2D eigenvalue weighted by Crippen LogP contribution is 2.30. The second kappa shape index (κ2) is 6.06. The molecule has 0 aliphatic heterocycles. The lowest BCUT2D eigenvalue weighted by atomic mass is 9.82. The molecule has 1 saturated carbocycles. The van der Waals surface area contributed by atoms with Crippen LogP contribution >= 0.6 is 10.7 Å². The van der Waals surface area contributed by atoms with E-state index < -0.39 is 9.05 Å². The maximum atomic E-state index is 10.6. The standard InChI is InChI=1S/C10H19ClO3S/c1-9(10-5-4-6-10)14-7-2-3-8-15(11,12)13/h9-10H,2-8H2,1H3. The topological polar surface area (TPSA) is 43.4 Å². The summed E-state index contributed by atoms with van der Waals surface area (Å²) in [5, 5.41) is 0. The normalized spacial score (nSPS) is 19.9. The smallest absolute Gasteiger partial charge is 0.232 e. The summed E-state index contributed by atoms with van der Waals surface area (Å²) in [6.07, 6.45) is 5.55. The molecule has 0 saturated heterocycles. The molecule has 90 valence electrons. The number of rotatable bonds is 7. The molecule has 0 aromatic carbocycles. The highest BCUT2D eigenvalue weighted by molar-refractivity contribution is 8.13. The zero-order valence-corrected chi connectivity index (χ0v) is 10.7. The van der Waals surface area contributed by atoms with Gasteiger partial charge in [0, 0.05) is 17.3 Å². The molecule has 1 rings (SSSR count). The molecule has 0 aromatic rings. The van der Waals surface area contributed by atoms with E-state index in [1.165, 1.54) is 19.3 Å². The molecule has 0 spiro atoms. The van der Waals surface area contributed by atoms with Crippen LogP contribution in [0.3, 0.4) is 0 Å². The predicted molar refractivity (Wildman–Crippen MR) is 61.6 cm³/mol. The molecule has 15 heavy (non-hydrogen) atoms. The van der Waals surface area contributed by atoms with Crippen molar-refractivity contribution in [3.05, 3.63) is 0 Å². The van der Waals surface area contributed by atoms with Crippen molar-refractivity contribution < 1.29 is 13.2 Å². The summed E-state index contributed by atoms with van der Waals surface area (Å²) in [7, 11) is 1.77. The van der Waals surface area contributed by atoms with E-state index in [1.807, 2.05) is 0 Å². The lowest BCUT2D eigenvalue weighted by Gasteiger charge is -2.31. The molecular weight excluding hydrogens is 236 g/mol. The summed E-state index contributed by atoms with van der Waals surface area (Å²) in [5.74, 6) is 0.775. The molecule has 0 heterocycles. The van der Waals surface area contributed by atoms with Crippen LogP contribution in [0.25, 0.3) is 0 Å². The van der Waals surface area contributed by atoms with Crippen molar-refractivity contribution in [1.29, 1.82) is 0 Å². The molecule has 0 N–H and O–H groups in total. The van der Waals surface area contributed by atoms with E-state index in [9.17, 15) is 8.42 Å². The van der Waals surface area contributed by atoms with Gasteiger partial charge < -0.3 is 4.74 Å². The lowest BCUT2D eigenvalue weighted by molar-refractivity contribution is -0.00246. The van der Waals surface area contributed by atoms with Crippen LogP contribution in [0.2, 0.25) is 0 Å². The molecule has 1 fully saturated rings. The first-order valence-corrected chi connectivity index (χ1v) is 8.01. The summed E-state index contributed by atoms with van der Waals surface area (Å²) in [5.41, 5.74) is 0. The van der Waals surface area contributed by atoms with Crippen molar-refractivity contribution in [1.82, 2.24) is 0 Å². The third-order valence-electron chi connectivity index (χ3n) is 2.98. The molecule has 0 aromatic heterocycles. The van der Waals surface area contributed by atoms with Crippen molar-refractivity contribution >= 4 is 19.7 Å². The molecule has 5 heteroatoms. The Hall–Kier alpha value is 0.200. The van der Waals surface area contributed by atoms with Crippen molar-refractivity contribution in [2.45, 2.75) is 45.1 Å². The molecule has 0 radical (unpaired) electrons. The van der Waals surface area contributed by atoms with Crippen LogP contribution in [0.15, 0.2) is 0 Å². The Balaban J connectivity index is 1.96. The maximum Gasteiger partial charge on any atom is 0.232 e. The SMILES string of the molecule is CC(OCCCCS(=O)(=O)Cl)C1CCC1. The molecule has 1 unspecified atom stereocenters. The molecule has 0 amide bonds. The Kier molecular flexibility index (Phi) is 5.36. The van der Waals surface area contributed by atoms with Gasteiger partial charge in [0.25, 0.3) is 0 Å². The largest absolute Gasteiger partial charge is 0.378 e. The zero-order chi connectivity index (χ0) is 11.3. The van der Waals surface area contributed by atoms with Crippen LogP contribution in [0.4, 0.5) is 0 Å². The summed E-state index contributed by atoms with van der Waals surface area (Å²) in [6, 6.07) is 0. The van der Waals surface area contributed by atoms with E-state index in [0.29, 0.717) is 19.1 Å². The third-order valence-corrected chi connectivity index (χ3v) is 4.22.